The Morgan fingerprint density at radius 3 is 2.72 bits per heavy atom. The van der Waals surface area contributed by atoms with Crippen molar-refractivity contribution in [2.45, 2.75) is 46.7 Å². The van der Waals surface area contributed by atoms with E-state index in [2.05, 4.69) is 48.5 Å². The number of hydrogen-bond acceptors (Lipinski definition) is 5. The molecular weight excluding hydrogens is 230 g/mol. The molecule has 0 aliphatic carbocycles. The Labute approximate surface area is 109 Å². The Balaban J connectivity index is 2.31. The maximum Gasteiger partial charge on any atom is 0.168 e. The second kappa shape index (κ2) is 8.16. The fourth-order valence-corrected chi connectivity index (χ4v) is 1.65. The molecule has 18 heavy (non-hydrogen) atoms. The highest BCUT2D eigenvalue weighted by Crippen LogP contribution is 2.06. The molecule has 1 atom stereocenters. The summed E-state index contributed by atoms with van der Waals surface area (Å²) in [5.41, 5.74) is 0. The molecule has 0 aliphatic rings. The molecule has 0 fully saturated rings. The molecule has 0 radical (unpaired) electrons. The number of nitrogens with zero attached hydrogens (tertiary/aromatic N) is 4. The van der Waals surface area contributed by atoms with Gasteiger partial charge in [-0.05, 0) is 36.2 Å². The molecule has 1 rings (SSSR count). The maximum atomic E-state index is 5.58. The normalized spacial score (nSPS) is 13.2. The van der Waals surface area contributed by atoms with Crippen molar-refractivity contribution in [1.29, 1.82) is 0 Å². The zero-order chi connectivity index (χ0) is 13.4. The number of nitrogens with one attached hydrogen (secondary N) is 1. The van der Waals surface area contributed by atoms with Crippen molar-refractivity contribution in [3.05, 3.63) is 5.82 Å². The molecular formula is C12H25N5O. The number of hydrogen-bond donors (Lipinski definition) is 1. The van der Waals surface area contributed by atoms with E-state index in [9.17, 15) is 0 Å². The van der Waals surface area contributed by atoms with Crippen molar-refractivity contribution >= 4 is 0 Å². The van der Waals surface area contributed by atoms with Crippen LogP contribution in [-0.4, -0.2) is 40.0 Å². The second-order valence-electron chi connectivity index (χ2n) is 4.83. The van der Waals surface area contributed by atoms with Crippen LogP contribution in [0.2, 0.25) is 0 Å². The maximum absolute atomic E-state index is 5.58. The van der Waals surface area contributed by atoms with Crippen molar-refractivity contribution in [1.82, 2.24) is 25.5 Å². The Morgan fingerprint density at radius 2 is 2.06 bits per heavy atom. The minimum Gasteiger partial charge on any atom is -0.380 e. The average molecular weight is 255 g/mol. The molecule has 0 aliphatic heterocycles. The van der Waals surface area contributed by atoms with Crippen molar-refractivity contribution < 1.29 is 4.74 Å². The molecule has 1 unspecified atom stereocenters. The lowest BCUT2D eigenvalue weighted by Gasteiger charge is -2.12. The summed E-state index contributed by atoms with van der Waals surface area (Å²) in [7, 11) is 0. The number of tetrazole rings is 1. The summed E-state index contributed by atoms with van der Waals surface area (Å²) >= 11 is 0. The van der Waals surface area contributed by atoms with Gasteiger partial charge in [-0.1, -0.05) is 20.8 Å². The molecule has 0 spiro atoms. The van der Waals surface area contributed by atoms with Gasteiger partial charge in [0.1, 0.15) is 0 Å². The van der Waals surface area contributed by atoms with E-state index in [1.165, 1.54) is 0 Å². The zero-order valence-electron chi connectivity index (χ0n) is 11.9. The molecule has 6 heteroatoms. The van der Waals surface area contributed by atoms with Gasteiger partial charge in [0.2, 0.25) is 0 Å². The van der Waals surface area contributed by atoms with Gasteiger partial charge >= 0.3 is 0 Å². The molecule has 1 aromatic rings. The topological polar surface area (TPSA) is 64.9 Å². The first kappa shape index (κ1) is 15.0. The van der Waals surface area contributed by atoms with Gasteiger partial charge in [-0.15, -0.1) is 5.10 Å². The first-order valence-electron chi connectivity index (χ1n) is 6.72. The van der Waals surface area contributed by atoms with Crippen LogP contribution in [0, 0.1) is 5.92 Å². The highest BCUT2D eigenvalue weighted by atomic mass is 16.5. The van der Waals surface area contributed by atoms with Crippen molar-refractivity contribution in [3.8, 4) is 0 Å². The molecule has 1 aromatic heterocycles. The third-order valence-electron chi connectivity index (χ3n) is 2.74. The summed E-state index contributed by atoms with van der Waals surface area (Å²) < 4.78 is 7.38. The van der Waals surface area contributed by atoms with E-state index < -0.39 is 0 Å². The fourth-order valence-electron chi connectivity index (χ4n) is 1.65. The fraction of sp³-hybridized carbons (Fsp3) is 0.917. The number of ether oxygens (including phenoxy) is 1. The lowest BCUT2D eigenvalue weighted by Crippen LogP contribution is -2.23. The van der Waals surface area contributed by atoms with E-state index in [4.69, 9.17) is 4.74 Å². The van der Waals surface area contributed by atoms with Crippen LogP contribution in [0.15, 0.2) is 0 Å². The summed E-state index contributed by atoms with van der Waals surface area (Å²) in [6.45, 7) is 11.6. The SMILES string of the molecule is CCNC(C)c1nnnn1CCOCCC(C)C. The summed E-state index contributed by atoms with van der Waals surface area (Å²) in [6.07, 6.45) is 1.09. The van der Waals surface area contributed by atoms with Gasteiger partial charge in [0, 0.05) is 6.61 Å². The first-order chi connectivity index (χ1) is 8.65. The summed E-state index contributed by atoms with van der Waals surface area (Å²) in [4.78, 5) is 0. The van der Waals surface area contributed by atoms with Crippen molar-refractivity contribution in [2.75, 3.05) is 19.8 Å². The van der Waals surface area contributed by atoms with Gasteiger partial charge in [-0.3, -0.25) is 0 Å². The molecule has 0 saturated carbocycles. The van der Waals surface area contributed by atoms with Crippen LogP contribution in [0.5, 0.6) is 0 Å². The Morgan fingerprint density at radius 1 is 1.28 bits per heavy atom. The lowest BCUT2D eigenvalue weighted by atomic mass is 10.1. The van der Waals surface area contributed by atoms with Gasteiger partial charge in [0.25, 0.3) is 0 Å². The Kier molecular flexibility index (Phi) is 6.82. The molecule has 0 aromatic carbocycles. The standard InChI is InChI=1S/C12H25N5O/c1-5-13-11(4)12-14-15-16-17(12)7-9-18-8-6-10(2)3/h10-11,13H,5-9H2,1-4H3. The minimum atomic E-state index is 0.167. The van der Waals surface area contributed by atoms with Crippen LogP contribution < -0.4 is 5.32 Å². The highest BCUT2D eigenvalue weighted by molar-refractivity contribution is 4.89. The van der Waals surface area contributed by atoms with Gasteiger partial charge in [0.05, 0.1) is 19.2 Å². The highest BCUT2D eigenvalue weighted by Gasteiger charge is 2.12. The largest absolute Gasteiger partial charge is 0.380 e. The van der Waals surface area contributed by atoms with Gasteiger partial charge in [0.15, 0.2) is 5.82 Å². The van der Waals surface area contributed by atoms with Crippen LogP contribution in [0.25, 0.3) is 0 Å². The predicted octanol–water partition coefficient (Wildman–Crippen LogP) is 1.41. The van der Waals surface area contributed by atoms with E-state index in [0.29, 0.717) is 19.1 Å². The Hall–Kier alpha value is -1.01. The van der Waals surface area contributed by atoms with E-state index in [1.54, 1.807) is 0 Å². The summed E-state index contributed by atoms with van der Waals surface area (Å²) in [5, 5.41) is 15.1. The van der Waals surface area contributed by atoms with Crippen LogP contribution >= 0.6 is 0 Å². The van der Waals surface area contributed by atoms with E-state index >= 15 is 0 Å². The molecule has 0 amide bonds. The van der Waals surface area contributed by atoms with E-state index in [-0.39, 0.29) is 6.04 Å². The first-order valence-corrected chi connectivity index (χ1v) is 6.72. The van der Waals surface area contributed by atoms with Crippen molar-refractivity contribution in [2.24, 2.45) is 5.92 Å². The molecule has 0 saturated heterocycles. The molecule has 6 nitrogen and oxygen atoms in total. The lowest BCUT2D eigenvalue weighted by molar-refractivity contribution is 0.112. The van der Waals surface area contributed by atoms with Gasteiger partial charge < -0.3 is 10.1 Å². The zero-order valence-corrected chi connectivity index (χ0v) is 11.9. The second-order valence-corrected chi connectivity index (χ2v) is 4.83. The van der Waals surface area contributed by atoms with Crippen molar-refractivity contribution in [3.63, 3.8) is 0 Å². The molecule has 1 heterocycles. The predicted molar refractivity (Wildman–Crippen MR) is 70.2 cm³/mol. The quantitative estimate of drug-likeness (QED) is 0.676. The van der Waals surface area contributed by atoms with Crippen LogP contribution in [0.4, 0.5) is 0 Å². The third-order valence-corrected chi connectivity index (χ3v) is 2.74. The Bertz CT molecular complexity index is 326. The minimum absolute atomic E-state index is 0.167. The smallest absolute Gasteiger partial charge is 0.168 e. The van der Waals surface area contributed by atoms with Crippen LogP contribution in [0.3, 0.4) is 0 Å². The van der Waals surface area contributed by atoms with E-state index in [0.717, 1.165) is 25.4 Å². The summed E-state index contributed by atoms with van der Waals surface area (Å²) in [6, 6.07) is 0.167. The third kappa shape index (κ3) is 5.10. The monoisotopic (exact) mass is 255 g/mol. The summed E-state index contributed by atoms with van der Waals surface area (Å²) in [5.74, 6) is 1.55. The average Bonchev–Trinajstić information content (AvgIpc) is 2.77. The molecule has 0 bridgehead atoms. The van der Waals surface area contributed by atoms with E-state index in [1.807, 2.05) is 4.68 Å². The van der Waals surface area contributed by atoms with Gasteiger partial charge in [-0.25, -0.2) is 4.68 Å². The van der Waals surface area contributed by atoms with Crippen LogP contribution in [-0.2, 0) is 11.3 Å². The molecule has 104 valence electrons. The van der Waals surface area contributed by atoms with Crippen LogP contribution in [0.1, 0.15) is 46.0 Å². The molecule has 1 N–H and O–H groups in total. The number of rotatable bonds is 9. The number of aromatic nitrogens is 4. The van der Waals surface area contributed by atoms with Gasteiger partial charge in [-0.2, -0.15) is 0 Å².